The Labute approximate surface area is 103 Å². The summed E-state index contributed by atoms with van der Waals surface area (Å²) in [6, 6.07) is 0.434. The number of allylic oxidation sites excluding steroid dienone is 1. The molecule has 0 saturated heterocycles. The van der Waals surface area contributed by atoms with Gasteiger partial charge in [-0.05, 0) is 50.9 Å². The second kappa shape index (κ2) is 4.35. The Morgan fingerprint density at radius 3 is 2.88 bits per heavy atom. The highest BCUT2D eigenvalue weighted by molar-refractivity contribution is 5.94. The van der Waals surface area contributed by atoms with E-state index in [4.69, 9.17) is 4.74 Å². The van der Waals surface area contributed by atoms with Crippen molar-refractivity contribution in [1.29, 1.82) is 0 Å². The summed E-state index contributed by atoms with van der Waals surface area (Å²) in [4.78, 5) is 12.2. The topological polar surface area (TPSA) is 38.3 Å². The second-order valence-electron chi connectivity index (χ2n) is 5.74. The van der Waals surface area contributed by atoms with Crippen LogP contribution in [0.4, 0.5) is 0 Å². The average Bonchev–Trinajstić information content (AvgIpc) is 2.91. The lowest BCUT2D eigenvalue weighted by atomic mass is 9.94. The number of rotatable bonds is 2. The Balaban J connectivity index is 1.63. The van der Waals surface area contributed by atoms with Crippen LogP contribution in [-0.2, 0) is 9.53 Å². The summed E-state index contributed by atoms with van der Waals surface area (Å²) < 4.78 is 5.46. The van der Waals surface area contributed by atoms with Crippen molar-refractivity contribution in [3.8, 4) is 0 Å². The van der Waals surface area contributed by atoms with Gasteiger partial charge in [-0.1, -0.05) is 6.42 Å². The molecule has 0 aromatic heterocycles. The van der Waals surface area contributed by atoms with Crippen LogP contribution in [0.1, 0.15) is 45.4 Å². The lowest BCUT2D eigenvalue weighted by Crippen LogP contribution is -2.40. The number of amides is 1. The van der Waals surface area contributed by atoms with E-state index in [0.29, 0.717) is 6.04 Å². The van der Waals surface area contributed by atoms with Crippen LogP contribution >= 0.6 is 0 Å². The first-order valence-electron chi connectivity index (χ1n) is 6.87. The molecule has 2 aliphatic carbocycles. The van der Waals surface area contributed by atoms with Gasteiger partial charge in [-0.15, -0.1) is 0 Å². The molecule has 2 fully saturated rings. The monoisotopic (exact) mass is 235 g/mol. The van der Waals surface area contributed by atoms with Crippen LogP contribution in [0.5, 0.6) is 0 Å². The fourth-order valence-corrected chi connectivity index (χ4v) is 3.69. The van der Waals surface area contributed by atoms with Gasteiger partial charge >= 0.3 is 0 Å². The third-order valence-electron chi connectivity index (χ3n) is 4.64. The highest BCUT2D eigenvalue weighted by Gasteiger charge is 2.40. The van der Waals surface area contributed by atoms with Crippen molar-refractivity contribution in [1.82, 2.24) is 5.32 Å². The van der Waals surface area contributed by atoms with Crippen molar-refractivity contribution in [3.05, 3.63) is 11.3 Å². The standard InChI is InChI=1S/C14H21NO2/c1-9-12(3-2-6-17-9)14(16)15-13-8-10-4-5-11(13)7-10/h10-11,13H,2-8H2,1H3,(H,15,16). The van der Waals surface area contributed by atoms with E-state index in [1.807, 2.05) is 6.92 Å². The van der Waals surface area contributed by atoms with Crippen molar-refractivity contribution in [2.75, 3.05) is 6.61 Å². The molecular formula is C14H21NO2. The lowest BCUT2D eigenvalue weighted by molar-refractivity contribution is -0.119. The maximum Gasteiger partial charge on any atom is 0.250 e. The first kappa shape index (κ1) is 11.1. The molecule has 0 spiro atoms. The molecule has 3 unspecified atom stereocenters. The van der Waals surface area contributed by atoms with Gasteiger partial charge in [0.25, 0.3) is 5.91 Å². The zero-order valence-electron chi connectivity index (χ0n) is 10.5. The highest BCUT2D eigenvalue weighted by atomic mass is 16.5. The number of ether oxygens (including phenoxy) is 1. The van der Waals surface area contributed by atoms with Crippen molar-refractivity contribution in [2.24, 2.45) is 11.8 Å². The van der Waals surface area contributed by atoms with Crippen LogP contribution in [-0.4, -0.2) is 18.6 Å². The SMILES string of the molecule is CC1=C(C(=O)NC2CC3CCC2C3)CCCO1. The van der Waals surface area contributed by atoms with Crippen molar-refractivity contribution in [2.45, 2.75) is 51.5 Å². The van der Waals surface area contributed by atoms with Gasteiger partial charge in [-0.2, -0.15) is 0 Å². The smallest absolute Gasteiger partial charge is 0.250 e. The molecule has 1 amide bonds. The van der Waals surface area contributed by atoms with E-state index < -0.39 is 0 Å². The number of hydrogen-bond donors (Lipinski definition) is 1. The molecule has 3 rings (SSSR count). The summed E-state index contributed by atoms with van der Waals surface area (Å²) in [6.07, 6.45) is 7.06. The Morgan fingerprint density at radius 1 is 1.35 bits per heavy atom. The summed E-state index contributed by atoms with van der Waals surface area (Å²) in [7, 11) is 0. The zero-order valence-corrected chi connectivity index (χ0v) is 10.5. The van der Waals surface area contributed by atoms with Gasteiger partial charge in [0.1, 0.15) is 5.76 Å². The van der Waals surface area contributed by atoms with Gasteiger partial charge < -0.3 is 10.1 Å². The minimum atomic E-state index is 0.125. The second-order valence-corrected chi connectivity index (χ2v) is 5.74. The molecule has 0 radical (unpaired) electrons. The highest BCUT2D eigenvalue weighted by Crippen LogP contribution is 2.44. The Kier molecular flexibility index (Phi) is 2.85. The summed E-state index contributed by atoms with van der Waals surface area (Å²) in [5, 5.41) is 3.23. The molecule has 0 aromatic rings. The van der Waals surface area contributed by atoms with Gasteiger partial charge in [-0.25, -0.2) is 0 Å². The zero-order chi connectivity index (χ0) is 11.8. The summed E-state index contributed by atoms with van der Waals surface area (Å²) in [5.41, 5.74) is 0.874. The minimum absolute atomic E-state index is 0.125. The summed E-state index contributed by atoms with van der Waals surface area (Å²) in [5.74, 6) is 2.58. The largest absolute Gasteiger partial charge is 0.498 e. The molecule has 3 aliphatic rings. The molecule has 3 heteroatoms. The van der Waals surface area contributed by atoms with Crippen molar-refractivity contribution < 1.29 is 9.53 Å². The first-order chi connectivity index (χ1) is 8.24. The third-order valence-corrected chi connectivity index (χ3v) is 4.64. The van der Waals surface area contributed by atoms with Gasteiger partial charge in [0.05, 0.1) is 12.2 Å². The van der Waals surface area contributed by atoms with Gasteiger partial charge in [0.2, 0.25) is 0 Å². The van der Waals surface area contributed by atoms with Gasteiger partial charge in [-0.3, -0.25) is 4.79 Å². The molecule has 2 bridgehead atoms. The van der Waals surface area contributed by atoms with E-state index in [1.54, 1.807) is 0 Å². The average molecular weight is 235 g/mol. The van der Waals surface area contributed by atoms with E-state index in [1.165, 1.54) is 25.7 Å². The van der Waals surface area contributed by atoms with E-state index >= 15 is 0 Å². The number of nitrogens with one attached hydrogen (secondary N) is 1. The Hall–Kier alpha value is -0.990. The molecule has 1 heterocycles. The van der Waals surface area contributed by atoms with E-state index in [2.05, 4.69) is 5.32 Å². The fourth-order valence-electron chi connectivity index (χ4n) is 3.69. The Bertz CT molecular complexity index is 361. The van der Waals surface area contributed by atoms with Gasteiger partial charge in [0.15, 0.2) is 0 Å². The van der Waals surface area contributed by atoms with Crippen LogP contribution in [0.25, 0.3) is 0 Å². The molecule has 94 valence electrons. The fraction of sp³-hybridized carbons (Fsp3) is 0.786. The maximum atomic E-state index is 12.2. The lowest BCUT2D eigenvalue weighted by Gasteiger charge is -2.25. The molecule has 3 atom stereocenters. The van der Waals surface area contributed by atoms with Crippen LogP contribution in [0.15, 0.2) is 11.3 Å². The first-order valence-corrected chi connectivity index (χ1v) is 6.87. The maximum absolute atomic E-state index is 12.2. The van der Waals surface area contributed by atoms with E-state index in [9.17, 15) is 4.79 Å². The van der Waals surface area contributed by atoms with Crippen LogP contribution in [0.2, 0.25) is 0 Å². The normalized spacial score (nSPS) is 35.9. The van der Waals surface area contributed by atoms with Gasteiger partial charge in [0, 0.05) is 6.04 Å². The molecule has 2 saturated carbocycles. The summed E-state index contributed by atoms with van der Waals surface area (Å²) >= 11 is 0. The number of carbonyl (C=O) groups excluding carboxylic acids is 1. The summed E-state index contributed by atoms with van der Waals surface area (Å²) in [6.45, 7) is 2.67. The predicted molar refractivity (Wildman–Crippen MR) is 65.3 cm³/mol. The molecule has 1 aliphatic heterocycles. The number of hydrogen-bond acceptors (Lipinski definition) is 2. The molecule has 0 aromatic carbocycles. The molecule has 17 heavy (non-hydrogen) atoms. The Morgan fingerprint density at radius 2 is 2.24 bits per heavy atom. The van der Waals surface area contributed by atoms with E-state index in [0.717, 1.165) is 42.6 Å². The van der Waals surface area contributed by atoms with Crippen LogP contribution in [0.3, 0.4) is 0 Å². The predicted octanol–water partition coefficient (Wildman–Crippen LogP) is 2.38. The van der Waals surface area contributed by atoms with Crippen molar-refractivity contribution >= 4 is 5.91 Å². The number of carbonyl (C=O) groups is 1. The molecular weight excluding hydrogens is 214 g/mol. The van der Waals surface area contributed by atoms with Crippen LogP contribution < -0.4 is 5.32 Å². The third kappa shape index (κ3) is 2.07. The molecule has 1 N–H and O–H groups in total. The quantitative estimate of drug-likeness (QED) is 0.798. The minimum Gasteiger partial charge on any atom is -0.498 e. The number of fused-ring (bicyclic) bond motifs is 2. The van der Waals surface area contributed by atoms with Crippen molar-refractivity contribution in [3.63, 3.8) is 0 Å². The molecule has 3 nitrogen and oxygen atoms in total. The van der Waals surface area contributed by atoms with Crippen LogP contribution in [0, 0.1) is 11.8 Å². The van der Waals surface area contributed by atoms with E-state index in [-0.39, 0.29) is 5.91 Å².